The van der Waals surface area contributed by atoms with Gasteiger partial charge in [-0.05, 0) is 31.2 Å². The summed E-state index contributed by atoms with van der Waals surface area (Å²) < 4.78 is 10.8. The number of aromatic nitrogens is 3. The van der Waals surface area contributed by atoms with E-state index in [4.69, 9.17) is 14.5 Å². The predicted molar refractivity (Wildman–Crippen MR) is 110 cm³/mol. The molecule has 0 saturated carbocycles. The minimum atomic E-state index is -0.135. The zero-order valence-corrected chi connectivity index (χ0v) is 16.6. The second kappa shape index (κ2) is 8.45. The van der Waals surface area contributed by atoms with E-state index in [0.29, 0.717) is 5.69 Å². The Labute approximate surface area is 169 Å². The van der Waals surface area contributed by atoms with E-state index < -0.39 is 0 Å². The fraction of sp³-hybridized carbons (Fsp3) is 0.318. The van der Waals surface area contributed by atoms with Crippen molar-refractivity contribution >= 4 is 0 Å². The van der Waals surface area contributed by atoms with E-state index in [-0.39, 0.29) is 11.5 Å². The first-order valence-corrected chi connectivity index (χ1v) is 9.61. The van der Waals surface area contributed by atoms with E-state index in [2.05, 4.69) is 14.9 Å². The molecule has 1 N–H and O–H groups in total. The molecule has 1 aliphatic rings. The van der Waals surface area contributed by atoms with Crippen LogP contribution in [0.15, 0.2) is 53.6 Å². The molecule has 150 valence electrons. The summed E-state index contributed by atoms with van der Waals surface area (Å²) in [7, 11) is 3.32. The molecule has 0 radical (unpaired) electrons. The van der Waals surface area contributed by atoms with Crippen LogP contribution in [0.2, 0.25) is 0 Å². The van der Waals surface area contributed by atoms with Gasteiger partial charge >= 0.3 is 0 Å². The molecule has 1 unspecified atom stereocenters. The first-order valence-electron chi connectivity index (χ1n) is 9.61. The first-order chi connectivity index (χ1) is 14.2. The molecule has 3 aromatic rings. The number of hydrogen-bond acceptors (Lipinski definition) is 6. The van der Waals surface area contributed by atoms with Gasteiger partial charge in [0.05, 0.1) is 19.9 Å². The van der Waals surface area contributed by atoms with Crippen molar-refractivity contribution < 1.29 is 9.47 Å². The molecule has 29 heavy (non-hydrogen) atoms. The summed E-state index contributed by atoms with van der Waals surface area (Å²) in [5.74, 6) is 2.51. The number of benzene rings is 1. The highest BCUT2D eigenvalue weighted by atomic mass is 16.5. The zero-order valence-electron chi connectivity index (χ0n) is 16.6. The smallest absolute Gasteiger partial charge is 0.251 e. The Bertz CT molecular complexity index is 1040. The van der Waals surface area contributed by atoms with Crippen LogP contribution in [-0.2, 0) is 6.54 Å². The largest absolute Gasteiger partial charge is 0.497 e. The van der Waals surface area contributed by atoms with E-state index >= 15 is 0 Å². The van der Waals surface area contributed by atoms with Crippen molar-refractivity contribution in [1.29, 1.82) is 0 Å². The first kappa shape index (κ1) is 19.1. The Morgan fingerprint density at radius 1 is 1.21 bits per heavy atom. The van der Waals surface area contributed by atoms with Gasteiger partial charge in [-0.3, -0.25) is 14.7 Å². The second-order valence-electron chi connectivity index (χ2n) is 7.16. The number of rotatable bonds is 6. The summed E-state index contributed by atoms with van der Waals surface area (Å²) in [5.41, 5.74) is 2.48. The Kier molecular flexibility index (Phi) is 5.57. The molecule has 1 saturated heterocycles. The molecule has 3 heterocycles. The number of aromatic amines is 1. The third-order valence-corrected chi connectivity index (χ3v) is 5.26. The monoisotopic (exact) mass is 392 g/mol. The number of ether oxygens (including phenoxy) is 2. The lowest BCUT2D eigenvalue weighted by Gasteiger charge is -2.18. The Hall–Kier alpha value is -3.19. The van der Waals surface area contributed by atoms with Gasteiger partial charge in [-0.15, -0.1) is 0 Å². The van der Waals surface area contributed by atoms with Crippen LogP contribution in [0, 0.1) is 0 Å². The van der Waals surface area contributed by atoms with Crippen molar-refractivity contribution in [2.24, 2.45) is 0 Å². The molecule has 7 heteroatoms. The van der Waals surface area contributed by atoms with Crippen LogP contribution >= 0.6 is 0 Å². The van der Waals surface area contributed by atoms with Gasteiger partial charge in [0.15, 0.2) is 0 Å². The average molecular weight is 392 g/mol. The summed E-state index contributed by atoms with van der Waals surface area (Å²) in [6, 6.07) is 11.2. The van der Waals surface area contributed by atoms with Gasteiger partial charge in [-0.1, -0.05) is 6.07 Å². The van der Waals surface area contributed by atoms with Crippen LogP contribution in [0.5, 0.6) is 11.5 Å². The van der Waals surface area contributed by atoms with Gasteiger partial charge in [0, 0.05) is 54.7 Å². The third-order valence-electron chi connectivity index (χ3n) is 5.26. The van der Waals surface area contributed by atoms with Crippen molar-refractivity contribution in [1.82, 2.24) is 19.9 Å². The number of likely N-dealkylation sites (tertiary alicyclic amines) is 1. The normalized spacial score (nSPS) is 16.7. The van der Waals surface area contributed by atoms with Crippen LogP contribution in [0.3, 0.4) is 0 Å². The maximum Gasteiger partial charge on any atom is 0.251 e. The molecule has 0 bridgehead atoms. The number of methoxy groups -OCH3 is 2. The summed E-state index contributed by atoms with van der Waals surface area (Å²) in [6.07, 6.45) is 4.38. The molecule has 0 aliphatic carbocycles. The lowest BCUT2D eigenvalue weighted by Crippen LogP contribution is -2.21. The molecule has 2 aromatic heterocycles. The van der Waals surface area contributed by atoms with E-state index in [0.717, 1.165) is 54.5 Å². The number of hydrogen-bond donors (Lipinski definition) is 1. The van der Waals surface area contributed by atoms with E-state index in [1.54, 1.807) is 26.6 Å². The molecule has 4 rings (SSSR count). The standard InChI is InChI=1S/C22H24N4O3/c1-28-18-6-5-16(20(10-18)29-2)13-26-9-7-17(14-26)22-24-19(11-21(27)25-22)15-4-3-8-23-12-15/h3-6,8,10-12,17H,7,9,13-14H2,1-2H3,(H,24,25,27). The molecular weight excluding hydrogens is 368 g/mol. The van der Waals surface area contributed by atoms with Crippen molar-refractivity contribution in [3.05, 3.63) is 70.5 Å². The van der Waals surface area contributed by atoms with Crippen LogP contribution in [0.1, 0.15) is 23.7 Å². The Balaban J connectivity index is 1.51. The molecule has 1 atom stereocenters. The summed E-state index contributed by atoms with van der Waals surface area (Å²) in [6.45, 7) is 2.53. The van der Waals surface area contributed by atoms with Crippen LogP contribution in [0.4, 0.5) is 0 Å². The lowest BCUT2D eigenvalue weighted by atomic mass is 10.1. The van der Waals surface area contributed by atoms with Crippen molar-refractivity contribution in [2.75, 3.05) is 27.3 Å². The maximum absolute atomic E-state index is 12.2. The summed E-state index contributed by atoms with van der Waals surface area (Å²) in [4.78, 5) is 26.3. The minimum absolute atomic E-state index is 0.135. The highest BCUT2D eigenvalue weighted by Gasteiger charge is 2.27. The molecule has 1 aliphatic heterocycles. The number of H-pyrrole nitrogens is 1. The Morgan fingerprint density at radius 2 is 2.10 bits per heavy atom. The predicted octanol–water partition coefficient (Wildman–Crippen LogP) is 2.84. The van der Waals surface area contributed by atoms with E-state index in [1.165, 1.54) is 6.07 Å². The van der Waals surface area contributed by atoms with Gasteiger partial charge in [0.2, 0.25) is 0 Å². The second-order valence-corrected chi connectivity index (χ2v) is 7.16. The number of nitrogens with one attached hydrogen (secondary N) is 1. The molecule has 0 spiro atoms. The zero-order chi connectivity index (χ0) is 20.2. The number of nitrogens with zero attached hydrogens (tertiary/aromatic N) is 3. The van der Waals surface area contributed by atoms with Crippen molar-refractivity contribution in [3.63, 3.8) is 0 Å². The summed E-state index contributed by atoms with van der Waals surface area (Å²) >= 11 is 0. The molecule has 7 nitrogen and oxygen atoms in total. The Morgan fingerprint density at radius 3 is 2.86 bits per heavy atom. The van der Waals surface area contributed by atoms with E-state index in [1.807, 2.05) is 30.3 Å². The van der Waals surface area contributed by atoms with Crippen LogP contribution in [-0.4, -0.2) is 47.2 Å². The lowest BCUT2D eigenvalue weighted by molar-refractivity contribution is 0.315. The quantitative estimate of drug-likeness (QED) is 0.695. The number of pyridine rings is 1. The fourth-order valence-corrected chi connectivity index (χ4v) is 3.75. The van der Waals surface area contributed by atoms with Crippen molar-refractivity contribution in [3.8, 4) is 22.8 Å². The highest BCUT2D eigenvalue weighted by molar-refractivity contribution is 5.57. The average Bonchev–Trinajstić information content (AvgIpc) is 3.23. The SMILES string of the molecule is COc1ccc(CN2CCC(c3nc(-c4cccnc4)cc(=O)[nH]3)C2)c(OC)c1. The third kappa shape index (κ3) is 4.30. The summed E-state index contributed by atoms with van der Waals surface area (Å²) in [5, 5.41) is 0. The van der Waals surface area contributed by atoms with Crippen LogP contribution in [0.25, 0.3) is 11.3 Å². The fourth-order valence-electron chi connectivity index (χ4n) is 3.75. The van der Waals surface area contributed by atoms with Crippen LogP contribution < -0.4 is 15.0 Å². The minimum Gasteiger partial charge on any atom is -0.497 e. The van der Waals surface area contributed by atoms with Gasteiger partial charge < -0.3 is 14.5 Å². The van der Waals surface area contributed by atoms with Gasteiger partial charge in [-0.25, -0.2) is 4.98 Å². The highest BCUT2D eigenvalue weighted by Crippen LogP contribution is 2.30. The molecule has 1 fully saturated rings. The van der Waals surface area contributed by atoms with Crippen molar-refractivity contribution in [2.45, 2.75) is 18.9 Å². The molecule has 0 amide bonds. The molecule has 1 aromatic carbocycles. The van der Waals surface area contributed by atoms with Gasteiger partial charge in [-0.2, -0.15) is 0 Å². The van der Waals surface area contributed by atoms with E-state index in [9.17, 15) is 4.79 Å². The maximum atomic E-state index is 12.2. The topological polar surface area (TPSA) is 80.3 Å². The molecular formula is C22H24N4O3. The van der Waals surface area contributed by atoms with Gasteiger partial charge in [0.1, 0.15) is 17.3 Å². The van der Waals surface area contributed by atoms with Gasteiger partial charge in [0.25, 0.3) is 5.56 Å².